The van der Waals surface area contributed by atoms with Gasteiger partial charge in [0.05, 0.1) is 29.0 Å². The number of amides is 1. The first-order chi connectivity index (χ1) is 12.5. The molecule has 0 radical (unpaired) electrons. The smallest absolute Gasteiger partial charge is 0.228 e. The topological polar surface area (TPSA) is 54.0 Å². The van der Waals surface area contributed by atoms with Crippen molar-refractivity contribution in [3.63, 3.8) is 0 Å². The van der Waals surface area contributed by atoms with E-state index in [2.05, 4.69) is 15.6 Å². The van der Waals surface area contributed by atoms with Crippen LogP contribution in [0.1, 0.15) is 5.56 Å². The molecule has 1 amide bonds. The summed E-state index contributed by atoms with van der Waals surface area (Å²) >= 11 is 12.0. The molecule has 3 rings (SSSR count). The Morgan fingerprint density at radius 1 is 1.08 bits per heavy atom. The first kappa shape index (κ1) is 18.2. The maximum absolute atomic E-state index is 13.6. The predicted octanol–water partition coefficient (Wildman–Crippen LogP) is 5.45. The first-order valence-corrected chi connectivity index (χ1v) is 8.48. The molecule has 0 saturated heterocycles. The highest BCUT2D eigenvalue weighted by molar-refractivity contribution is 6.36. The molecule has 0 spiro atoms. The summed E-state index contributed by atoms with van der Waals surface area (Å²) in [5.41, 5.74) is 1.52. The molecule has 0 aliphatic carbocycles. The van der Waals surface area contributed by atoms with Crippen molar-refractivity contribution in [1.82, 2.24) is 4.98 Å². The molecule has 2 aromatic carbocycles. The van der Waals surface area contributed by atoms with E-state index in [4.69, 9.17) is 23.2 Å². The highest BCUT2D eigenvalue weighted by Crippen LogP contribution is 2.27. The summed E-state index contributed by atoms with van der Waals surface area (Å²) in [6, 6.07) is 14.7. The molecule has 26 heavy (non-hydrogen) atoms. The van der Waals surface area contributed by atoms with E-state index in [9.17, 15) is 9.18 Å². The van der Waals surface area contributed by atoms with Crippen molar-refractivity contribution in [3.05, 3.63) is 82.2 Å². The normalized spacial score (nSPS) is 10.4. The number of hydrogen-bond donors (Lipinski definition) is 2. The second-order valence-corrected chi connectivity index (χ2v) is 6.34. The van der Waals surface area contributed by atoms with Crippen molar-refractivity contribution in [3.8, 4) is 0 Å². The maximum atomic E-state index is 13.6. The monoisotopic (exact) mass is 389 g/mol. The third-order valence-corrected chi connectivity index (χ3v) is 4.10. The summed E-state index contributed by atoms with van der Waals surface area (Å²) < 4.78 is 13.6. The van der Waals surface area contributed by atoms with Crippen LogP contribution in [-0.4, -0.2) is 10.9 Å². The average molecular weight is 390 g/mol. The van der Waals surface area contributed by atoms with Gasteiger partial charge in [-0.2, -0.15) is 0 Å². The summed E-state index contributed by atoms with van der Waals surface area (Å²) in [7, 11) is 0. The molecule has 0 saturated carbocycles. The van der Waals surface area contributed by atoms with Gasteiger partial charge < -0.3 is 10.6 Å². The van der Waals surface area contributed by atoms with Gasteiger partial charge in [-0.1, -0.05) is 41.4 Å². The van der Waals surface area contributed by atoms with Gasteiger partial charge in [0.1, 0.15) is 11.6 Å². The number of nitrogens with zero attached hydrogens (tertiary/aromatic N) is 1. The second-order valence-electron chi connectivity index (χ2n) is 5.50. The maximum Gasteiger partial charge on any atom is 0.228 e. The zero-order valence-corrected chi connectivity index (χ0v) is 15.0. The number of anilines is 3. The van der Waals surface area contributed by atoms with Gasteiger partial charge in [-0.25, -0.2) is 9.37 Å². The Labute approximate surface area is 160 Å². The number of hydrogen-bond acceptors (Lipinski definition) is 3. The molecule has 0 atom stereocenters. The minimum absolute atomic E-state index is 0.0486. The fraction of sp³-hybridized carbons (Fsp3) is 0.0526. The van der Waals surface area contributed by atoms with Crippen LogP contribution >= 0.6 is 23.2 Å². The van der Waals surface area contributed by atoms with Crippen molar-refractivity contribution in [2.24, 2.45) is 0 Å². The summed E-state index contributed by atoms with van der Waals surface area (Å²) in [6.45, 7) is 0. The number of nitrogens with one attached hydrogen (secondary N) is 2. The van der Waals surface area contributed by atoms with E-state index in [1.807, 2.05) is 0 Å². The lowest BCUT2D eigenvalue weighted by atomic mass is 10.1. The number of pyridine rings is 1. The number of carbonyl (C=O) groups is 1. The zero-order valence-electron chi connectivity index (χ0n) is 13.5. The molecule has 4 nitrogen and oxygen atoms in total. The third kappa shape index (κ3) is 4.71. The van der Waals surface area contributed by atoms with E-state index >= 15 is 0 Å². The van der Waals surface area contributed by atoms with Crippen LogP contribution in [0, 0.1) is 5.82 Å². The molecule has 2 N–H and O–H groups in total. The Morgan fingerprint density at radius 3 is 2.58 bits per heavy atom. The van der Waals surface area contributed by atoms with Crippen molar-refractivity contribution >= 4 is 46.3 Å². The van der Waals surface area contributed by atoms with E-state index in [1.165, 1.54) is 12.3 Å². The fourth-order valence-corrected chi connectivity index (χ4v) is 2.75. The average Bonchev–Trinajstić information content (AvgIpc) is 2.61. The van der Waals surface area contributed by atoms with Crippen LogP contribution < -0.4 is 10.6 Å². The van der Waals surface area contributed by atoms with E-state index < -0.39 is 5.82 Å². The van der Waals surface area contributed by atoms with Gasteiger partial charge in [-0.15, -0.1) is 0 Å². The molecule has 0 aliphatic heterocycles. The quantitative estimate of drug-likeness (QED) is 0.609. The van der Waals surface area contributed by atoms with Gasteiger partial charge >= 0.3 is 0 Å². The van der Waals surface area contributed by atoms with Gasteiger partial charge in [-0.3, -0.25) is 4.79 Å². The molecule has 0 unspecified atom stereocenters. The van der Waals surface area contributed by atoms with E-state index in [1.54, 1.807) is 48.5 Å². The van der Waals surface area contributed by atoms with Gasteiger partial charge in [0.2, 0.25) is 5.91 Å². The molecule has 0 aliphatic rings. The van der Waals surface area contributed by atoms with Gasteiger partial charge in [-0.05, 0) is 42.0 Å². The SMILES string of the molecule is O=C(Cc1ccccc1F)Nc1ccc(Nc2ccc(Cl)cc2Cl)nc1. The minimum Gasteiger partial charge on any atom is -0.339 e. The van der Waals surface area contributed by atoms with Crippen LogP contribution in [-0.2, 0) is 11.2 Å². The van der Waals surface area contributed by atoms with Crippen molar-refractivity contribution in [2.45, 2.75) is 6.42 Å². The number of aromatic nitrogens is 1. The highest BCUT2D eigenvalue weighted by Gasteiger charge is 2.08. The molecule has 3 aromatic rings. The number of halogens is 3. The molecule has 1 heterocycles. The van der Waals surface area contributed by atoms with Crippen LogP contribution in [0.2, 0.25) is 10.0 Å². The Hall–Kier alpha value is -2.63. The predicted molar refractivity (Wildman–Crippen MR) is 103 cm³/mol. The summed E-state index contributed by atoms with van der Waals surface area (Å²) in [6.07, 6.45) is 1.46. The van der Waals surface area contributed by atoms with Crippen LogP contribution in [0.5, 0.6) is 0 Å². The number of carbonyl (C=O) groups excluding carboxylic acids is 1. The Balaban J connectivity index is 1.62. The molecule has 7 heteroatoms. The van der Waals surface area contributed by atoms with Crippen molar-refractivity contribution in [2.75, 3.05) is 10.6 Å². The summed E-state index contributed by atoms with van der Waals surface area (Å²) in [5, 5.41) is 6.77. The van der Waals surface area contributed by atoms with Crippen LogP contribution in [0.4, 0.5) is 21.6 Å². The highest BCUT2D eigenvalue weighted by atomic mass is 35.5. The second kappa shape index (κ2) is 8.17. The molecule has 1 aromatic heterocycles. The van der Waals surface area contributed by atoms with Crippen LogP contribution in [0.15, 0.2) is 60.8 Å². The van der Waals surface area contributed by atoms with Gasteiger partial charge in [0, 0.05) is 5.02 Å². The molecular formula is C19H14Cl2FN3O. The molecule has 132 valence electrons. The standard InChI is InChI=1S/C19H14Cl2FN3O/c20-13-5-7-17(15(21)10-13)25-18-8-6-14(11-23-18)24-19(26)9-12-3-1-2-4-16(12)22/h1-8,10-11H,9H2,(H,23,25)(H,24,26). The molecule has 0 bridgehead atoms. The molecule has 0 fully saturated rings. The number of rotatable bonds is 5. The third-order valence-electron chi connectivity index (χ3n) is 3.55. The first-order valence-electron chi connectivity index (χ1n) is 7.72. The lowest BCUT2D eigenvalue weighted by Gasteiger charge is -2.09. The summed E-state index contributed by atoms with van der Waals surface area (Å²) in [5.74, 6) is -0.167. The van der Waals surface area contributed by atoms with E-state index in [-0.39, 0.29) is 12.3 Å². The lowest BCUT2D eigenvalue weighted by Crippen LogP contribution is -2.15. The fourth-order valence-electron chi connectivity index (χ4n) is 2.29. The minimum atomic E-state index is -0.403. The van der Waals surface area contributed by atoms with Crippen LogP contribution in [0.25, 0.3) is 0 Å². The Kier molecular flexibility index (Phi) is 5.71. The van der Waals surface area contributed by atoms with Gasteiger partial charge in [0.15, 0.2) is 0 Å². The van der Waals surface area contributed by atoms with Crippen molar-refractivity contribution in [1.29, 1.82) is 0 Å². The molecular weight excluding hydrogens is 376 g/mol. The number of benzene rings is 2. The summed E-state index contributed by atoms with van der Waals surface area (Å²) in [4.78, 5) is 16.3. The van der Waals surface area contributed by atoms with E-state index in [0.717, 1.165) is 0 Å². The lowest BCUT2D eigenvalue weighted by molar-refractivity contribution is -0.115. The van der Waals surface area contributed by atoms with Gasteiger partial charge in [0.25, 0.3) is 0 Å². The Bertz CT molecular complexity index is 932. The Morgan fingerprint density at radius 2 is 1.88 bits per heavy atom. The zero-order chi connectivity index (χ0) is 18.5. The van der Waals surface area contributed by atoms with Crippen molar-refractivity contribution < 1.29 is 9.18 Å². The van der Waals surface area contributed by atoms with Crippen LogP contribution in [0.3, 0.4) is 0 Å². The largest absolute Gasteiger partial charge is 0.339 e. The van der Waals surface area contributed by atoms with E-state index in [0.29, 0.717) is 32.8 Å².